The first-order chi connectivity index (χ1) is 8.16. The lowest BCUT2D eigenvalue weighted by atomic mass is 9.90. The van der Waals surface area contributed by atoms with Gasteiger partial charge in [-0.25, -0.2) is 0 Å². The topological polar surface area (TPSA) is 54.4 Å². The average molecular weight is 230 g/mol. The molecule has 3 atom stereocenters. The SMILES string of the molecule is O=C(O)[C@@H]1[C@@H]2CCC(=O)[C@@]12Cc1ccccc1. The van der Waals surface area contributed by atoms with Crippen LogP contribution in [0.25, 0.3) is 0 Å². The minimum absolute atomic E-state index is 0.0766. The smallest absolute Gasteiger partial charge is 0.307 e. The summed E-state index contributed by atoms with van der Waals surface area (Å²) in [5, 5.41) is 9.17. The summed E-state index contributed by atoms with van der Waals surface area (Å²) in [6.07, 6.45) is 1.90. The standard InChI is InChI=1S/C14H14O3/c15-11-7-6-10-12(13(16)17)14(10,11)8-9-4-2-1-3-5-9/h1-5,10,12H,6-8H2,(H,16,17)/t10-,12-,14-/m0/s1. The number of carboxylic acids is 1. The number of hydrogen-bond donors (Lipinski definition) is 1. The Morgan fingerprint density at radius 2 is 2.06 bits per heavy atom. The second-order valence-electron chi connectivity index (χ2n) is 5.09. The van der Waals surface area contributed by atoms with Crippen LogP contribution in [-0.4, -0.2) is 16.9 Å². The molecular formula is C14H14O3. The number of hydrogen-bond acceptors (Lipinski definition) is 2. The van der Waals surface area contributed by atoms with E-state index in [4.69, 9.17) is 5.11 Å². The lowest BCUT2D eigenvalue weighted by molar-refractivity contribution is -0.142. The molecule has 2 saturated carbocycles. The highest BCUT2D eigenvalue weighted by Gasteiger charge is 2.74. The molecule has 3 heteroatoms. The van der Waals surface area contributed by atoms with Gasteiger partial charge in [-0.1, -0.05) is 30.3 Å². The van der Waals surface area contributed by atoms with Gasteiger partial charge >= 0.3 is 5.97 Å². The van der Waals surface area contributed by atoms with Gasteiger partial charge in [0.2, 0.25) is 0 Å². The molecule has 0 radical (unpaired) electrons. The second-order valence-corrected chi connectivity index (χ2v) is 5.09. The predicted molar refractivity (Wildman–Crippen MR) is 61.4 cm³/mol. The van der Waals surface area contributed by atoms with Crippen LogP contribution >= 0.6 is 0 Å². The molecule has 0 aromatic heterocycles. The molecule has 2 aliphatic rings. The largest absolute Gasteiger partial charge is 0.481 e. The molecule has 1 aromatic rings. The van der Waals surface area contributed by atoms with E-state index in [9.17, 15) is 9.59 Å². The first kappa shape index (κ1) is 10.5. The fraction of sp³-hybridized carbons (Fsp3) is 0.429. The van der Waals surface area contributed by atoms with Crippen LogP contribution in [0.3, 0.4) is 0 Å². The molecular weight excluding hydrogens is 216 g/mol. The molecule has 3 rings (SSSR count). The van der Waals surface area contributed by atoms with E-state index < -0.39 is 17.3 Å². The van der Waals surface area contributed by atoms with Crippen LogP contribution in [0.5, 0.6) is 0 Å². The molecule has 0 spiro atoms. The van der Waals surface area contributed by atoms with Gasteiger partial charge in [-0.05, 0) is 24.3 Å². The van der Waals surface area contributed by atoms with E-state index in [1.165, 1.54) is 0 Å². The van der Waals surface area contributed by atoms with Crippen molar-refractivity contribution in [1.29, 1.82) is 0 Å². The zero-order valence-electron chi connectivity index (χ0n) is 9.43. The highest BCUT2D eigenvalue weighted by molar-refractivity contribution is 5.98. The Kier molecular flexibility index (Phi) is 2.12. The molecule has 3 nitrogen and oxygen atoms in total. The van der Waals surface area contributed by atoms with Crippen molar-refractivity contribution in [2.75, 3.05) is 0 Å². The quantitative estimate of drug-likeness (QED) is 0.863. The van der Waals surface area contributed by atoms with E-state index in [-0.39, 0.29) is 11.7 Å². The number of aliphatic carboxylic acids is 1. The van der Waals surface area contributed by atoms with Gasteiger partial charge in [0.05, 0.1) is 11.3 Å². The maximum atomic E-state index is 12.0. The number of rotatable bonds is 3. The Hall–Kier alpha value is -1.64. The Labute approximate surface area is 99.5 Å². The molecule has 2 aliphatic carbocycles. The molecule has 2 fully saturated rings. The Morgan fingerprint density at radius 1 is 1.35 bits per heavy atom. The average Bonchev–Trinajstić information content (AvgIpc) is 2.86. The molecule has 88 valence electrons. The lowest BCUT2D eigenvalue weighted by Gasteiger charge is -2.12. The van der Waals surface area contributed by atoms with Gasteiger partial charge in [0, 0.05) is 6.42 Å². The van der Waals surface area contributed by atoms with Crippen LogP contribution in [0.15, 0.2) is 30.3 Å². The van der Waals surface area contributed by atoms with Crippen molar-refractivity contribution >= 4 is 11.8 Å². The summed E-state index contributed by atoms with van der Waals surface area (Å²) in [6, 6.07) is 9.72. The first-order valence-corrected chi connectivity index (χ1v) is 5.96. The van der Waals surface area contributed by atoms with Crippen LogP contribution in [0.2, 0.25) is 0 Å². The fourth-order valence-electron chi connectivity index (χ4n) is 3.51. The Balaban J connectivity index is 1.90. The van der Waals surface area contributed by atoms with Crippen LogP contribution in [-0.2, 0) is 16.0 Å². The first-order valence-electron chi connectivity index (χ1n) is 5.96. The number of carbonyl (C=O) groups is 2. The number of Topliss-reactive ketones (excluding diaryl/α,β-unsaturated/α-hetero) is 1. The van der Waals surface area contributed by atoms with Crippen molar-refractivity contribution in [3.63, 3.8) is 0 Å². The predicted octanol–water partition coefficient (Wildman–Crippen LogP) is 1.91. The van der Waals surface area contributed by atoms with E-state index in [1.807, 2.05) is 30.3 Å². The highest BCUT2D eigenvalue weighted by Crippen LogP contribution is 2.67. The van der Waals surface area contributed by atoms with E-state index in [0.29, 0.717) is 12.8 Å². The van der Waals surface area contributed by atoms with Crippen molar-refractivity contribution < 1.29 is 14.7 Å². The zero-order valence-corrected chi connectivity index (χ0v) is 9.43. The third-order valence-corrected chi connectivity index (χ3v) is 4.32. The van der Waals surface area contributed by atoms with Crippen molar-refractivity contribution in [2.45, 2.75) is 19.3 Å². The minimum Gasteiger partial charge on any atom is -0.481 e. The van der Waals surface area contributed by atoms with Gasteiger partial charge in [0.1, 0.15) is 5.78 Å². The van der Waals surface area contributed by atoms with E-state index in [1.54, 1.807) is 0 Å². The minimum atomic E-state index is -0.806. The Morgan fingerprint density at radius 3 is 2.65 bits per heavy atom. The fourth-order valence-corrected chi connectivity index (χ4v) is 3.51. The van der Waals surface area contributed by atoms with Gasteiger partial charge in [0.25, 0.3) is 0 Å². The summed E-state index contributed by atoms with van der Waals surface area (Å²) in [5.74, 6) is -1.02. The normalized spacial score (nSPS) is 34.5. The summed E-state index contributed by atoms with van der Waals surface area (Å²) < 4.78 is 0. The molecule has 0 amide bonds. The maximum absolute atomic E-state index is 12.0. The van der Waals surface area contributed by atoms with Crippen molar-refractivity contribution in [2.24, 2.45) is 17.3 Å². The molecule has 0 unspecified atom stereocenters. The van der Waals surface area contributed by atoms with Crippen molar-refractivity contribution in [3.8, 4) is 0 Å². The van der Waals surface area contributed by atoms with Gasteiger partial charge < -0.3 is 5.11 Å². The summed E-state index contributed by atoms with van der Waals surface area (Å²) in [7, 11) is 0. The summed E-state index contributed by atoms with van der Waals surface area (Å²) >= 11 is 0. The number of ketones is 1. The lowest BCUT2D eigenvalue weighted by Crippen LogP contribution is -2.22. The molecule has 0 heterocycles. The molecule has 1 N–H and O–H groups in total. The molecule has 1 aromatic carbocycles. The second kappa shape index (κ2) is 3.42. The monoisotopic (exact) mass is 230 g/mol. The zero-order chi connectivity index (χ0) is 12.0. The van der Waals surface area contributed by atoms with Crippen LogP contribution < -0.4 is 0 Å². The highest BCUT2D eigenvalue weighted by atomic mass is 16.4. The van der Waals surface area contributed by atoms with E-state index in [2.05, 4.69) is 0 Å². The van der Waals surface area contributed by atoms with Gasteiger partial charge in [0.15, 0.2) is 0 Å². The number of carboxylic acid groups (broad SMARTS) is 1. The summed E-state index contributed by atoms with van der Waals surface area (Å²) in [6.45, 7) is 0. The number of fused-ring (bicyclic) bond motifs is 1. The number of benzene rings is 1. The van der Waals surface area contributed by atoms with Crippen LogP contribution in [0, 0.1) is 17.3 Å². The molecule has 0 saturated heterocycles. The van der Waals surface area contributed by atoms with Gasteiger partial charge in [-0.3, -0.25) is 9.59 Å². The van der Waals surface area contributed by atoms with Crippen molar-refractivity contribution in [1.82, 2.24) is 0 Å². The number of carbonyl (C=O) groups excluding carboxylic acids is 1. The van der Waals surface area contributed by atoms with Crippen LogP contribution in [0.4, 0.5) is 0 Å². The van der Waals surface area contributed by atoms with E-state index in [0.717, 1.165) is 12.0 Å². The van der Waals surface area contributed by atoms with Gasteiger partial charge in [-0.2, -0.15) is 0 Å². The summed E-state index contributed by atoms with van der Waals surface area (Å²) in [4.78, 5) is 23.2. The molecule has 0 bridgehead atoms. The van der Waals surface area contributed by atoms with E-state index >= 15 is 0 Å². The summed E-state index contributed by atoms with van der Waals surface area (Å²) in [5.41, 5.74) is 0.490. The molecule has 17 heavy (non-hydrogen) atoms. The third kappa shape index (κ3) is 1.35. The maximum Gasteiger partial charge on any atom is 0.307 e. The molecule has 0 aliphatic heterocycles. The van der Waals surface area contributed by atoms with Gasteiger partial charge in [-0.15, -0.1) is 0 Å². The van der Waals surface area contributed by atoms with Crippen LogP contribution in [0.1, 0.15) is 18.4 Å². The third-order valence-electron chi connectivity index (χ3n) is 4.32. The van der Waals surface area contributed by atoms with Crippen molar-refractivity contribution in [3.05, 3.63) is 35.9 Å². The Bertz CT molecular complexity index is 480.